The fraction of sp³-hybridized carbons (Fsp3) is 0.333. The summed E-state index contributed by atoms with van der Waals surface area (Å²) in [5, 5.41) is 3.17. The summed E-state index contributed by atoms with van der Waals surface area (Å²) in [4.78, 5) is 0. The van der Waals surface area contributed by atoms with Crippen LogP contribution in [0.3, 0.4) is 0 Å². The molecule has 18 heavy (non-hydrogen) atoms. The van der Waals surface area contributed by atoms with Crippen LogP contribution in [0.4, 0.5) is 8.78 Å². The predicted molar refractivity (Wildman–Crippen MR) is 71.7 cm³/mol. The molecule has 0 fully saturated rings. The van der Waals surface area contributed by atoms with Gasteiger partial charge in [-0.1, -0.05) is 37.3 Å². The van der Waals surface area contributed by atoms with Gasteiger partial charge in [0.25, 0.3) is 0 Å². The van der Waals surface area contributed by atoms with E-state index >= 15 is 0 Å². The molecule has 3 heteroatoms. The molecule has 0 amide bonds. The van der Waals surface area contributed by atoms with E-state index in [0.29, 0.717) is 0 Å². The molecule has 0 heterocycles. The monoisotopic (exact) mass is 251 g/mol. The van der Waals surface area contributed by atoms with Gasteiger partial charge in [-0.2, -0.15) is 0 Å². The summed E-state index contributed by atoms with van der Waals surface area (Å²) in [6, 6.07) is 6.30. The van der Waals surface area contributed by atoms with Gasteiger partial charge in [-0.05, 0) is 36.7 Å². The van der Waals surface area contributed by atoms with Crippen molar-refractivity contribution in [1.82, 2.24) is 5.32 Å². The van der Waals surface area contributed by atoms with Crippen molar-refractivity contribution in [3.8, 4) is 0 Å². The molecule has 0 saturated heterocycles. The highest BCUT2D eigenvalue weighted by atomic mass is 19.1. The molecule has 0 spiro atoms. The summed E-state index contributed by atoms with van der Waals surface area (Å²) in [6.07, 6.45) is 6.16. The molecule has 0 saturated carbocycles. The van der Waals surface area contributed by atoms with E-state index in [2.05, 4.69) is 5.32 Å². The van der Waals surface area contributed by atoms with Gasteiger partial charge in [0.15, 0.2) is 0 Å². The SMILES string of the molecule is CC/C=C(\C=C/CF)C(NC)c1ccc(F)cc1. The zero-order valence-corrected chi connectivity index (χ0v) is 10.8. The fourth-order valence-electron chi connectivity index (χ4n) is 1.88. The molecule has 1 unspecified atom stereocenters. The van der Waals surface area contributed by atoms with Crippen molar-refractivity contribution in [2.45, 2.75) is 19.4 Å². The van der Waals surface area contributed by atoms with Crippen LogP contribution in [-0.2, 0) is 0 Å². The Labute approximate surface area is 107 Å². The Balaban J connectivity index is 3.02. The molecule has 1 nitrogen and oxygen atoms in total. The Morgan fingerprint density at radius 3 is 2.50 bits per heavy atom. The number of hydrogen-bond donors (Lipinski definition) is 1. The molecule has 1 rings (SSSR count). The Bertz CT molecular complexity index is 407. The number of benzene rings is 1. The maximum atomic E-state index is 12.9. The number of allylic oxidation sites excluding steroid dienone is 2. The molecule has 0 aliphatic rings. The van der Waals surface area contributed by atoms with Gasteiger partial charge in [-0.25, -0.2) is 8.78 Å². The summed E-state index contributed by atoms with van der Waals surface area (Å²) >= 11 is 0. The minimum Gasteiger partial charge on any atom is -0.309 e. The smallest absolute Gasteiger partial charge is 0.123 e. The van der Waals surface area contributed by atoms with Crippen molar-refractivity contribution >= 4 is 0 Å². The number of hydrogen-bond acceptors (Lipinski definition) is 1. The lowest BCUT2D eigenvalue weighted by Gasteiger charge is -2.18. The van der Waals surface area contributed by atoms with Crippen LogP contribution in [0.1, 0.15) is 24.9 Å². The Kier molecular flexibility index (Phi) is 6.29. The molecular weight excluding hydrogens is 232 g/mol. The van der Waals surface area contributed by atoms with Crippen LogP contribution < -0.4 is 5.32 Å². The third kappa shape index (κ3) is 4.08. The number of alkyl halides is 1. The van der Waals surface area contributed by atoms with Crippen molar-refractivity contribution in [3.05, 3.63) is 59.4 Å². The third-order valence-electron chi connectivity index (χ3n) is 2.66. The molecule has 0 aliphatic carbocycles. The van der Waals surface area contributed by atoms with Crippen LogP contribution in [0.25, 0.3) is 0 Å². The Morgan fingerprint density at radius 2 is 2.00 bits per heavy atom. The van der Waals surface area contributed by atoms with Crippen LogP contribution in [0.5, 0.6) is 0 Å². The Hall–Kier alpha value is -1.48. The molecule has 1 atom stereocenters. The van der Waals surface area contributed by atoms with E-state index in [0.717, 1.165) is 17.6 Å². The quantitative estimate of drug-likeness (QED) is 0.755. The second kappa shape index (κ2) is 7.77. The molecule has 0 aliphatic heterocycles. The zero-order chi connectivity index (χ0) is 13.4. The van der Waals surface area contributed by atoms with E-state index in [1.165, 1.54) is 18.2 Å². The highest BCUT2D eigenvalue weighted by molar-refractivity contribution is 5.34. The lowest BCUT2D eigenvalue weighted by Crippen LogP contribution is -2.18. The van der Waals surface area contributed by atoms with Crippen molar-refractivity contribution in [2.75, 3.05) is 13.7 Å². The van der Waals surface area contributed by atoms with Crippen molar-refractivity contribution in [3.63, 3.8) is 0 Å². The number of halogens is 2. The van der Waals surface area contributed by atoms with Crippen LogP contribution in [0, 0.1) is 5.82 Å². The van der Waals surface area contributed by atoms with E-state index in [-0.39, 0.29) is 11.9 Å². The molecule has 0 aromatic heterocycles. The van der Waals surface area contributed by atoms with Gasteiger partial charge >= 0.3 is 0 Å². The first kappa shape index (κ1) is 14.6. The largest absolute Gasteiger partial charge is 0.309 e. The lowest BCUT2D eigenvalue weighted by atomic mass is 9.97. The maximum absolute atomic E-state index is 12.9. The minimum atomic E-state index is -0.485. The standard InChI is InChI=1S/C15H19F2N/c1-3-5-12(6-4-11-16)15(18-2)13-7-9-14(17)10-8-13/h4-10,15,18H,3,11H2,1-2H3/b6-4-,12-5+. The molecule has 1 aromatic rings. The summed E-state index contributed by atoms with van der Waals surface area (Å²) in [7, 11) is 1.83. The highest BCUT2D eigenvalue weighted by Crippen LogP contribution is 2.23. The molecule has 98 valence electrons. The minimum absolute atomic E-state index is 0.0478. The zero-order valence-electron chi connectivity index (χ0n) is 10.8. The van der Waals surface area contributed by atoms with Gasteiger partial charge in [-0.3, -0.25) is 0 Å². The van der Waals surface area contributed by atoms with Gasteiger partial charge in [0.1, 0.15) is 12.5 Å². The Morgan fingerprint density at radius 1 is 1.33 bits per heavy atom. The van der Waals surface area contributed by atoms with E-state index < -0.39 is 6.67 Å². The fourth-order valence-corrected chi connectivity index (χ4v) is 1.88. The van der Waals surface area contributed by atoms with Crippen molar-refractivity contribution in [2.24, 2.45) is 0 Å². The average molecular weight is 251 g/mol. The van der Waals surface area contributed by atoms with Gasteiger partial charge < -0.3 is 5.32 Å². The molecule has 0 bridgehead atoms. The topological polar surface area (TPSA) is 12.0 Å². The van der Waals surface area contributed by atoms with E-state index in [4.69, 9.17) is 0 Å². The van der Waals surface area contributed by atoms with Crippen LogP contribution >= 0.6 is 0 Å². The first-order chi connectivity index (χ1) is 8.72. The summed E-state index contributed by atoms with van der Waals surface area (Å²) in [5.41, 5.74) is 1.95. The number of rotatable bonds is 6. The summed E-state index contributed by atoms with van der Waals surface area (Å²) in [5.74, 6) is -0.256. The lowest BCUT2D eigenvalue weighted by molar-refractivity contribution is 0.561. The molecule has 1 aromatic carbocycles. The van der Waals surface area contributed by atoms with Crippen LogP contribution in [0.15, 0.2) is 48.1 Å². The van der Waals surface area contributed by atoms with E-state index in [1.807, 2.05) is 20.0 Å². The highest BCUT2D eigenvalue weighted by Gasteiger charge is 2.12. The van der Waals surface area contributed by atoms with Crippen LogP contribution in [-0.4, -0.2) is 13.7 Å². The number of nitrogens with one attached hydrogen (secondary N) is 1. The van der Waals surface area contributed by atoms with Crippen molar-refractivity contribution in [1.29, 1.82) is 0 Å². The van der Waals surface area contributed by atoms with Crippen molar-refractivity contribution < 1.29 is 8.78 Å². The summed E-state index contributed by atoms with van der Waals surface area (Å²) in [6.45, 7) is 1.54. The van der Waals surface area contributed by atoms with Gasteiger partial charge in [0, 0.05) is 0 Å². The predicted octanol–water partition coefficient (Wildman–Crippen LogP) is 3.95. The summed E-state index contributed by atoms with van der Waals surface area (Å²) < 4.78 is 25.1. The third-order valence-corrected chi connectivity index (χ3v) is 2.66. The van der Waals surface area contributed by atoms with E-state index in [1.54, 1.807) is 18.2 Å². The first-order valence-corrected chi connectivity index (χ1v) is 6.08. The maximum Gasteiger partial charge on any atom is 0.123 e. The average Bonchev–Trinajstić information content (AvgIpc) is 2.39. The second-order valence-corrected chi connectivity index (χ2v) is 3.94. The van der Waals surface area contributed by atoms with Gasteiger partial charge in [0.2, 0.25) is 0 Å². The second-order valence-electron chi connectivity index (χ2n) is 3.94. The van der Waals surface area contributed by atoms with E-state index in [9.17, 15) is 8.78 Å². The molecule has 1 N–H and O–H groups in total. The van der Waals surface area contributed by atoms with Gasteiger partial charge in [-0.15, -0.1) is 0 Å². The molecular formula is C15H19F2N. The molecule has 0 radical (unpaired) electrons. The number of likely N-dealkylation sites (N-methyl/N-ethyl adjacent to an activating group) is 1. The normalized spacial score (nSPS) is 14.1. The van der Waals surface area contributed by atoms with Crippen LogP contribution in [0.2, 0.25) is 0 Å². The van der Waals surface area contributed by atoms with Gasteiger partial charge in [0.05, 0.1) is 6.04 Å². The first-order valence-electron chi connectivity index (χ1n) is 6.08.